The van der Waals surface area contributed by atoms with Gasteiger partial charge in [-0.25, -0.2) is 0 Å². The number of fused-ring (bicyclic) bond motifs is 16. The van der Waals surface area contributed by atoms with E-state index in [9.17, 15) is 0 Å². The first-order chi connectivity index (χ1) is 57.8. The van der Waals surface area contributed by atoms with Crippen molar-refractivity contribution >= 4 is 98.0 Å². The molecule has 0 atom stereocenters. The summed E-state index contributed by atoms with van der Waals surface area (Å²) in [5.74, 6) is 0. The Kier molecular flexibility index (Phi) is 18.4. The first kappa shape index (κ1) is 71.7. The van der Waals surface area contributed by atoms with Crippen LogP contribution in [0.25, 0.3) is 188 Å². The second-order valence-electron chi connectivity index (χ2n) is 33.4. The molecule has 0 unspecified atom stereocenters. The van der Waals surface area contributed by atoms with Gasteiger partial charge < -0.3 is 18.3 Å². The van der Waals surface area contributed by atoms with Crippen LogP contribution in [0.2, 0.25) is 0 Å². The van der Waals surface area contributed by atoms with Crippen LogP contribution < -0.4 is 0 Å². The number of aryl methyl sites for hydroxylation is 2. The second kappa shape index (κ2) is 30.0. The predicted octanol–water partition coefficient (Wildman–Crippen LogP) is 31.9. The first-order valence-electron chi connectivity index (χ1n) is 43.1. The number of rotatable bonds is 23. The lowest BCUT2D eigenvalue weighted by Gasteiger charge is -2.33. The van der Waals surface area contributed by atoms with Crippen molar-refractivity contribution in [3.63, 3.8) is 0 Å². The molecule has 1 aliphatic rings. The van der Waals surface area contributed by atoms with Crippen molar-refractivity contribution in [2.24, 2.45) is 0 Å². The Balaban J connectivity index is 0.786. The Morgan fingerprint density at radius 3 is 1.02 bits per heavy atom. The van der Waals surface area contributed by atoms with Gasteiger partial charge in [0.15, 0.2) is 0 Å². The van der Waals surface area contributed by atoms with Gasteiger partial charge in [0.25, 0.3) is 0 Å². The Hall–Kier alpha value is -13.0. The highest BCUT2D eigenvalue weighted by Crippen LogP contribution is 2.57. The van der Waals surface area contributed by atoms with Gasteiger partial charge in [0.05, 0.1) is 55.5 Å². The summed E-state index contributed by atoms with van der Waals surface area (Å²) >= 11 is 0. The van der Waals surface area contributed by atoms with Crippen LogP contribution in [0.1, 0.15) is 126 Å². The first-order valence-corrected chi connectivity index (χ1v) is 43.1. The van der Waals surface area contributed by atoms with E-state index < -0.39 is 0 Å². The van der Waals surface area contributed by atoms with E-state index in [2.05, 4.69) is 386 Å². The van der Waals surface area contributed by atoms with E-state index in [1.165, 1.54) is 275 Å². The fraction of sp³-hybridized carbons (Fsp3) is 0.168. The second-order valence-corrected chi connectivity index (χ2v) is 33.4. The zero-order chi connectivity index (χ0) is 78.2. The zero-order valence-electron chi connectivity index (χ0n) is 67.5. The average molecular weight is 1510 g/mol. The average Bonchev–Trinajstić information content (AvgIpc) is 1.55. The highest BCUT2D eigenvalue weighted by molar-refractivity contribution is 6.18. The molecule has 0 saturated carbocycles. The fourth-order valence-corrected chi connectivity index (χ4v) is 20.5. The Bertz CT molecular complexity index is 7200. The third-order valence-electron chi connectivity index (χ3n) is 26.3. The number of para-hydroxylation sites is 6. The molecule has 0 spiro atoms. The number of benzene rings is 16. The molecule has 1 aliphatic carbocycles. The van der Waals surface area contributed by atoms with Gasteiger partial charge in [-0.3, -0.25) is 0 Å². The third kappa shape index (κ3) is 12.3. The molecule has 4 nitrogen and oxygen atoms in total. The van der Waals surface area contributed by atoms with Crippen LogP contribution in [0.5, 0.6) is 0 Å². The maximum absolute atomic E-state index is 2.73. The van der Waals surface area contributed by atoms with Crippen molar-refractivity contribution in [1.29, 1.82) is 0 Å². The summed E-state index contributed by atoms with van der Waals surface area (Å²) in [6.07, 6.45) is 17.2. The Morgan fingerprint density at radius 2 is 0.547 bits per heavy atom. The number of hydrogen-bond donors (Lipinski definition) is 0. The molecular formula is C113H96N4. The zero-order valence-corrected chi connectivity index (χ0v) is 67.5. The molecule has 117 heavy (non-hydrogen) atoms. The van der Waals surface area contributed by atoms with Crippen molar-refractivity contribution in [2.75, 3.05) is 0 Å². The number of aromatic nitrogens is 4. The Morgan fingerprint density at radius 1 is 0.214 bits per heavy atom. The molecule has 4 aromatic heterocycles. The molecule has 20 aromatic rings. The summed E-state index contributed by atoms with van der Waals surface area (Å²) < 4.78 is 10.1. The molecule has 0 bridgehead atoms. The quantitative estimate of drug-likeness (QED) is 0.0569. The van der Waals surface area contributed by atoms with Crippen molar-refractivity contribution in [2.45, 2.75) is 123 Å². The van der Waals surface area contributed by atoms with E-state index in [1.807, 2.05) is 0 Å². The minimum Gasteiger partial charge on any atom is -0.309 e. The standard InChI is InChI=1S/C113H96N4/c1-5-7-9-11-13-29-65-113(66-30-14-12-10-8-6-2)101-72-84(79-50-48-78(49-51-79)77-46-43-75(3)44-47-77)52-59-88(101)89-60-53-85(73-102(89)113)95-74-111(116-105-41-27-23-37-92(105)99-70-82(56-63-109(99)116)80-54-61-107-97(68-80)90-35-21-25-39-103(90)114(107)86-31-17-15-18-32-86)96-67-76(4)45-58-94(96)112(95)117-106-42-28-24-38-93(106)100-71-83(57-64-110(100)117)81-55-62-108-98(69-81)91-36-22-26-40-104(91)115(108)87-33-19-16-20-34-87/h15-28,31-64,67-74H,5-14,29-30,65-66H2,1-4H3. The molecular weight excluding hydrogens is 1410 g/mol. The summed E-state index contributed by atoms with van der Waals surface area (Å²) in [4.78, 5) is 0. The summed E-state index contributed by atoms with van der Waals surface area (Å²) in [5.41, 5.74) is 34.6. The van der Waals surface area contributed by atoms with Crippen LogP contribution in [-0.2, 0) is 5.41 Å². The largest absolute Gasteiger partial charge is 0.309 e. The van der Waals surface area contributed by atoms with E-state index in [4.69, 9.17) is 0 Å². The van der Waals surface area contributed by atoms with Gasteiger partial charge in [-0.1, -0.05) is 320 Å². The summed E-state index contributed by atoms with van der Waals surface area (Å²) in [5, 5.41) is 12.3. The molecule has 4 heteroatoms. The third-order valence-corrected chi connectivity index (χ3v) is 26.3. The van der Waals surface area contributed by atoms with Gasteiger partial charge in [-0.05, 0) is 220 Å². The SMILES string of the molecule is CCCCCCCCC1(CCCCCCCC)c2cc(-c3ccc(-c4ccc(C)cc4)cc3)ccc2-c2ccc(-c3cc(-n4c5ccccc5c5cc(-c6ccc7c(c6)c6ccccc6n7-c6ccccc6)ccc54)c4cc(C)ccc4c3-n3c4ccccc4c4cc(-c5ccc6c(c5)c5ccccc5n6-c5ccccc5)ccc43)cc21. The van der Waals surface area contributed by atoms with E-state index >= 15 is 0 Å². The number of unbranched alkanes of at least 4 members (excludes halogenated alkanes) is 10. The summed E-state index contributed by atoms with van der Waals surface area (Å²) in [6.45, 7) is 9.14. The van der Waals surface area contributed by atoms with Gasteiger partial charge >= 0.3 is 0 Å². The smallest absolute Gasteiger partial charge is 0.0620 e. The molecule has 21 rings (SSSR count). The van der Waals surface area contributed by atoms with Gasteiger partial charge in [0.1, 0.15) is 0 Å². The minimum atomic E-state index is -0.220. The van der Waals surface area contributed by atoms with Gasteiger partial charge in [0.2, 0.25) is 0 Å². The molecule has 16 aromatic carbocycles. The van der Waals surface area contributed by atoms with Crippen LogP contribution in [-0.4, -0.2) is 18.3 Å². The maximum atomic E-state index is 2.73. The highest BCUT2D eigenvalue weighted by Gasteiger charge is 2.43. The van der Waals surface area contributed by atoms with Crippen LogP contribution in [0.4, 0.5) is 0 Å². The van der Waals surface area contributed by atoms with Gasteiger partial charge in [0, 0.05) is 76.2 Å². The Labute approximate surface area is 686 Å². The highest BCUT2D eigenvalue weighted by atomic mass is 15.0. The monoisotopic (exact) mass is 1510 g/mol. The molecule has 4 heterocycles. The molecule has 0 aliphatic heterocycles. The van der Waals surface area contributed by atoms with Gasteiger partial charge in [-0.15, -0.1) is 0 Å². The van der Waals surface area contributed by atoms with E-state index in [-0.39, 0.29) is 5.41 Å². The van der Waals surface area contributed by atoms with Crippen molar-refractivity contribution in [3.8, 4) is 89.5 Å². The van der Waals surface area contributed by atoms with E-state index in [1.54, 1.807) is 0 Å². The minimum absolute atomic E-state index is 0.220. The lowest BCUT2D eigenvalue weighted by molar-refractivity contribution is 0.398. The molecule has 0 fully saturated rings. The summed E-state index contributed by atoms with van der Waals surface area (Å²) in [7, 11) is 0. The van der Waals surface area contributed by atoms with E-state index in [0.717, 1.165) is 24.2 Å². The van der Waals surface area contributed by atoms with Crippen LogP contribution in [0.15, 0.2) is 340 Å². The maximum Gasteiger partial charge on any atom is 0.0620 e. The van der Waals surface area contributed by atoms with Gasteiger partial charge in [-0.2, -0.15) is 0 Å². The normalized spacial score (nSPS) is 12.6. The molecule has 0 N–H and O–H groups in total. The van der Waals surface area contributed by atoms with Crippen molar-refractivity contribution in [3.05, 3.63) is 362 Å². The van der Waals surface area contributed by atoms with Crippen LogP contribution >= 0.6 is 0 Å². The number of hydrogen-bond acceptors (Lipinski definition) is 0. The van der Waals surface area contributed by atoms with Crippen molar-refractivity contribution < 1.29 is 0 Å². The molecule has 568 valence electrons. The topological polar surface area (TPSA) is 19.7 Å². The summed E-state index contributed by atoms with van der Waals surface area (Å²) in [6, 6.07) is 130. The van der Waals surface area contributed by atoms with E-state index in [0.29, 0.717) is 0 Å². The lowest BCUT2D eigenvalue weighted by atomic mass is 9.70. The number of nitrogens with zero attached hydrogens (tertiary/aromatic N) is 4. The fourth-order valence-electron chi connectivity index (χ4n) is 20.5. The molecule has 0 amide bonds. The van der Waals surface area contributed by atoms with Crippen LogP contribution in [0, 0.1) is 13.8 Å². The molecule has 0 radical (unpaired) electrons. The molecule has 0 saturated heterocycles. The van der Waals surface area contributed by atoms with Crippen LogP contribution in [0.3, 0.4) is 0 Å². The van der Waals surface area contributed by atoms with Crippen molar-refractivity contribution in [1.82, 2.24) is 18.3 Å². The lowest BCUT2D eigenvalue weighted by Crippen LogP contribution is -2.25. The predicted molar refractivity (Wildman–Crippen MR) is 500 cm³/mol.